The van der Waals surface area contributed by atoms with Crippen LogP contribution in [0.1, 0.15) is 24.4 Å². The van der Waals surface area contributed by atoms with E-state index in [2.05, 4.69) is 20.4 Å². The number of nitrogens with one attached hydrogen (secondary N) is 1. The number of rotatable bonds is 6. The molecule has 1 unspecified atom stereocenters. The first-order valence-electron chi connectivity index (χ1n) is 8.67. The molecule has 0 aromatic carbocycles. The Morgan fingerprint density at radius 3 is 3.04 bits per heavy atom. The van der Waals surface area contributed by atoms with Gasteiger partial charge in [-0.05, 0) is 44.0 Å². The van der Waals surface area contributed by atoms with Gasteiger partial charge in [0.2, 0.25) is 5.91 Å². The summed E-state index contributed by atoms with van der Waals surface area (Å²) in [5.41, 5.74) is 0. The Kier molecular flexibility index (Phi) is 5.65. The molecule has 1 amide bonds. The van der Waals surface area contributed by atoms with E-state index in [4.69, 9.17) is 4.42 Å². The summed E-state index contributed by atoms with van der Waals surface area (Å²) < 4.78 is 5.53. The minimum atomic E-state index is 0.0608. The van der Waals surface area contributed by atoms with Crippen molar-refractivity contribution in [2.24, 2.45) is 0 Å². The van der Waals surface area contributed by atoms with E-state index in [1.165, 1.54) is 0 Å². The Morgan fingerprint density at radius 2 is 2.32 bits per heavy atom. The van der Waals surface area contributed by atoms with E-state index in [-0.39, 0.29) is 11.9 Å². The van der Waals surface area contributed by atoms with E-state index in [1.807, 2.05) is 31.2 Å². The number of nitrogens with zero attached hydrogens (tertiary/aromatic N) is 4. The van der Waals surface area contributed by atoms with Crippen LogP contribution in [0.2, 0.25) is 0 Å². The quantitative estimate of drug-likeness (QED) is 0.859. The van der Waals surface area contributed by atoms with Gasteiger partial charge in [-0.1, -0.05) is 0 Å². The van der Waals surface area contributed by atoms with Crippen LogP contribution in [-0.2, 0) is 11.3 Å². The Morgan fingerprint density at radius 1 is 1.44 bits per heavy atom. The maximum absolute atomic E-state index is 12.3. The predicted molar refractivity (Wildman–Crippen MR) is 95.2 cm³/mol. The standard InChI is InChI=1S/C18H25N5O2/c1-14-7-8-16(25-14)13-22(2)18(24)11-19-15-5-4-10-23(12-15)17-6-3-9-20-21-17/h3,6-9,15,19H,4-5,10-13H2,1-2H3. The molecule has 0 spiro atoms. The molecule has 0 bridgehead atoms. The molecule has 1 fully saturated rings. The number of carbonyl (C=O) groups excluding carboxylic acids is 1. The number of aromatic nitrogens is 2. The average molecular weight is 343 g/mol. The third-order valence-corrected chi connectivity index (χ3v) is 4.46. The van der Waals surface area contributed by atoms with Crippen molar-refractivity contribution in [2.45, 2.75) is 32.4 Å². The lowest BCUT2D eigenvalue weighted by molar-refractivity contribution is -0.129. The second kappa shape index (κ2) is 8.11. The van der Waals surface area contributed by atoms with E-state index < -0.39 is 0 Å². The molecule has 2 aromatic rings. The van der Waals surface area contributed by atoms with Gasteiger partial charge < -0.3 is 19.5 Å². The van der Waals surface area contributed by atoms with Crippen molar-refractivity contribution in [1.29, 1.82) is 0 Å². The van der Waals surface area contributed by atoms with Crippen molar-refractivity contribution in [3.63, 3.8) is 0 Å². The molecule has 1 N–H and O–H groups in total. The Hall–Kier alpha value is -2.41. The molecule has 3 rings (SSSR count). The van der Waals surface area contributed by atoms with Gasteiger partial charge in [0, 0.05) is 32.4 Å². The highest BCUT2D eigenvalue weighted by molar-refractivity contribution is 5.77. The maximum atomic E-state index is 12.3. The third kappa shape index (κ3) is 4.79. The first-order chi connectivity index (χ1) is 12.1. The number of anilines is 1. The lowest BCUT2D eigenvalue weighted by Crippen LogP contribution is -2.48. The van der Waals surface area contributed by atoms with Gasteiger partial charge in [0.25, 0.3) is 0 Å². The molecule has 1 aliphatic heterocycles. The lowest BCUT2D eigenvalue weighted by Gasteiger charge is -2.33. The summed E-state index contributed by atoms with van der Waals surface area (Å²) in [4.78, 5) is 16.2. The Bertz CT molecular complexity index is 688. The summed E-state index contributed by atoms with van der Waals surface area (Å²) in [5, 5.41) is 11.5. The van der Waals surface area contributed by atoms with Crippen LogP contribution in [0.25, 0.3) is 0 Å². The van der Waals surface area contributed by atoms with E-state index in [0.717, 1.165) is 43.3 Å². The molecule has 1 saturated heterocycles. The minimum Gasteiger partial charge on any atom is -0.464 e. The zero-order valence-electron chi connectivity index (χ0n) is 14.8. The third-order valence-electron chi connectivity index (χ3n) is 4.46. The molecule has 0 saturated carbocycles. The van der Waals surface area contributed by atoms with Crippen molar-refractivity contribution in [2.75, 3.05) is 31.6 Å². The van der Waals surface area contributed by atoms with E-state index in [9.17, 15) is 4.79 Å². The first-order valence-corrected chi connectivity index (χ1v) is 8.67. The first kappa shape index (κ1) is 17.4. The molecular formula is C18H25N5O2. The van der Waals surface area contributed by atoms with Crippen LogP contribution >= 0.6 is 0 Å². The fourth-order valence-electron chi connectivity index (χ4n) is 3.07. The fraction of sp³-hybridized carbons (Fsp3) is 0.500. The number of aryl methyl sites for hydroxylation is 1. The molecule has 25 heavy (non-hydrogen) atoms. The smallest absolute Gasteiger partial charge is 0.236 e. The molecule has 7 heteroatoms. The molecule has 0 aliphatic carbocycles. The number of hydrogen-bond acceptors (Lipinski definition) is 6. The van der Waals surface area contributed by atoms with Gasteiger partial charge >= 0.3 is 0 Å². The second-order valence-corrected chi connectivity index (χ2v) is 6.51. The van der Waals surface area contributed by atoms with Gasteiger partial charge in [-0.25, -0.2) is 0 Å². The summed E-state index contributed by atoms with van der Waals surface area (Å²) in [6.45, 7) is 4.54. The number of hydrogen-bond donors (Lipinski definition) is 1. The van der Waals surface area contributed by atoms with Crippen LogP contribution in [0.5, 0.6) is 0 Å². The zero-order chi connectivity index (χ0) is 17.6. The SMILES string of the molecule is Cc1ccc(CN(C)C(=O)CNC2CCCN(c3cccnn3)C2)o1. The summed E-state index contributed by atoms with van der Waals surface area (Å²) in [6, 6.07) is 7.97. The highest BCUT2D eigenvalue weighted by Crippen LogP contribution is 2.16. The highest BCUT2D eigenvalue weighted by Gasteiger charge is 2.22. The monoisotopic (exact) mass is 343 g/mol. The number of furan rings is 1. The van der Waals surface area contributed by atoms with Crippen LogP contribution < -0.4 is 10.2 Å². The number of likely N-dealkylation sites (N-methyl/N-ethyl adjacent to an activating group) is 1. The van der Waals surface area contributed by atoms with E-state index >= 15 is 0 Å². The van der Waals surface area contributed by atoms with Crippen molar-refractivity contribution in [3.8, 4) is 0 Å². The van der Waals surface area contributed by atoms with Gasteiger partial charge in [-0.15, -0.1) is 5.10 Å². The van der Waals surface area contributed by atoms with Crippen LogP contribution in [-0.4, -0.2) is 53.7 Å². The summed E-state index contributed by atoms with van der Waals surface area (Å²) >= 11 is 0. The molecule has 134 valence electrons. The number of carbonyl (C=O) groups is 1. The van der Waals surface area contributed by atoms with Crippen molar-refractivity contribution in [3.05, 3.63) is 42.0 Å². The molecule has 3 heterocycles. The normalized spacial score (nSPS) is 17.5. The minimum absolute atomic E-state index is 0.0608. The average Bonchev–Trinajstić information content (AvgIpc) is 3.05. The largest absolute Gasteiger partial charge is 0.464 e. The maximum Gasteiger partial charge on any atom is 0.236 e. The number of amides is 1. The molecule has 7 nitrogen and oxygen atoms in total. The number of piperidine rings is 1. The van der Waals surface area contributed by atoms with Crippen molar-refractivity contribution < 1.29 is 9.21 Å². The van der Waals surface area contributed by atoms with Gasteiger partial charge in [-0.2, -0.15) is 5.10 Å². The summed E-state index contributed by atoms with van der Waals surface area (Å²) in [5.74, 6) is 2.62. The van der Waals surface area contributed by atoms with Gasteiger partial charge in [0.15, 0.2) is 5.82 Å². The molecule has 0 radical (unpaired) electrons. The fourth-order valence-corrected chi connectivity index (χ4v) is 3.07. The van der Waals surface area contributed by atoms with Crippen molar-refractivity contribution in [1.82, 2.24) is 20.4 Å². The Labute approximate surface area is 148 Å². The van der Waals surface area contributed by atoms with Gasteiger partial charge in [0.1, 0.15) is 11.5 Å². The van der Waals surface area contributed by atoms with E-state index in [1.54, 1.807) is 18.1 Å². The Balaban J connectivity index is 1.46. The topological polar surface area (TPSA) is 74.5 Å². The highest BCUT2D eigenvalue weighted by atomic mass is 16.3. The van der Waals surface area contributed by atoms with Crippen LogP contribution in [0.3, 0.4) is 0 Å². The molecule has 1 aliphatic rings. The van der Waals surface area contributed by atoms with E-state index in [0.29, 0.717) is 13.1 Å². The zero-order valence-corrected chi connectivity index (χ0v) is 14.8. The van der Waals surface area contributed by atoms with Gasteiger partial charge in [-0.3, -0.25) is 4.79 Å². The molecule has 1 atom stereocenters. The van der Waals surface area contributed by atoms with Crippen LogP contribution in [0.4, 0.5) is 5.82 Å². The molecule has 2 aromatic heterocycles. The molecular weight excluding hydrogens is 318 g/mol. The summed E-state index contributed by atoms with van der Waals surface area (Å²) in [7, 11) is 1.80. The van der Waals surface area contributed by atoms with Gasteiger partial charge in [0.05, 0.1) is 13.1 Å². The second-order valence-electron chi connectivity index (χ2n) is 6.51. The lowest BCUT2D eigenvalue weighted by atomic mass is 10.1. The summed E-state index contributed by atoms with van der Waals surface area (Å²) in [6.07, 6.45) is 3.81. The van der Waals surface area contributed by atoms with Crippen LogP contribution in [0, 0.1) is 6.92 Å². The van der Waals surface area contributed by atoms with Crippen molar-refractivity contribution >= 4 is 11.7 Å². The van der Waals surface area contributed by atoms with Crippen LogP contribution in [0.15, 0.2) is 34.9 Å². The predicted octanol–water partition coefficient (Wildman–Crippen LogP) is 1.60.